The molecule has 1 atom stereocenters. The molecule has 4 heteroatoms. The van der Waals surface area contributed by atoms with E-state index >= 15 is 0 Å². The fourth-order valence-electron chi connectivity index (χ4n) is 2.10. The maximum atomic E-state index is 13.5. The van der Waals surface area contributed by atoms with Gasteiger partial charge in [0.15, 0.2) is 0 Å². The number of halogens is 2. The quantitative estimate of drug-likeness (QED) is 0.728. The summed E-state index contributed by atoms with van der Waals surface area (Å²) < 4.78 is 24.4. The van der Waals surface area contributed by atoms with E-state index in [0.29, 0.717) is 11.3 Å². The zero-order chi connectivity index (χ0) is 15.4. The van der Waals surface area contributed by atoms with Crippen LogP contribution < -0.4 is 9.47 Å². The summed E-state index contributed by atoms with van der Waals surface area (Å²) >= 11 is 6.49. The normalized spacial score (nSPS) is 12.3. The minimum atomic E-state index is -0.508. The highest BCUT2D eigenvalue weighted by Gasteiger charge is 2.17. The van der Waals surface area contributed by atoms with Crippen molar-refractivity contribution in [2.45, 2.75) is 25.3 Å². The van der Waals surface area contributed by atoms with Crippen molar-refractivity contribution in [1.82, 2.24) is 0 Å². The molecule has 0 N–H and O–H groups in total. The molecule has 0 saturated heterocycles. The molecule has 112 valence electrons. The van der Waals surface area contributed by atoms with Gasteiger partial charge >= 0.3 is 0 Å². The summed E-state index contributed by atoms with van der Waals surface area (Å²) in [4.78, 5) is 0. The van der Waals surface area contributed by atoms with E-state index < -0.39 is 5.38 Å². The topological polar surface area (TPSA) is 18.5 Å². The first-order chi connectivity index (χ1) is 10.0. The SMILES string of the molecule is COc1ccc(F)cc1C(Cl)c1cccc(OC(C)C)c1. The van der Waals surface area contributed by atoms with Crippen molar-refractivity contribution in [1.29, 1.82) is 0 Å². The molecule has 0 aromatic heterocycles. The highest BCUT2D eigenvalue weighted by molar-refractivity contribution is 6.22. The van der Waals surface area contributed by atoms with Crippen molar-refractivity contribution in [2.24, 2.45) is 0 Å². The Bertz CT molecular complexity index is 613. The maximum absolute atomic E-state index is 13.5. The van der Waals surface area contributed by atoms with Gasteiger partial charge < -0.3 is 9.47 Å². The first-order valence-corrected chi connectivity index (χ1v) is 7.19. The highest BCUT2D eigenvalue weighted by atomic mass is 35.5. The molecule has 2 rings (SSSR count). The minimum Gasteiger partial charge on any atom is -0.496 e. The third-order valence-corrected chi connectivity index (χ3v) is 3.47. The second kappa shape index (κ2) is 6.81. The molecule has 0 amide bonds. The molecule has 0 fully saturated rings. The lowest BCUT2D eigenvalue weighted by Crippen LogP contribution is -2.06. The standard InChI is InChI=1S/C17H18ClFO2/c1-11(2)21-14-6-4-5-12(9-14)17(18)15-10-13(19)7-8-16(15)20-3/h4-11,17H,1-3H3. The summed E-state index contributed by atoms with van der Waals surface area (Å²) in [5, 5.41) is -0.508. The Morgan fingerprint density at radius 3 is 2.52 bits per heavy atom. The van der Waals surface area contributed by atoms with Crippen LogP contribution in [-0.4, -0.2) is 13.2 Å². The second-order valence-electron chi connectivity index (χ2n) is 4.99. The highest BCUT2D eigenvalue weighted by Crippen LogP contribution is 2.36. The lowest BCUT2D eigenvalue weighted by atomic mass is 10.0. The van der Waals surface area contributed by atoms with Gasteiger partial charge in [-0.1, -0.05) is 12.1 Å². The van der Waals surface area contributed by atoms with Crippen LogP contribution in [0.5, 0.6) is 11.5 Å². The number of hydrogen-bond donors (Lipinski definition) is 0. The molecule has 0 aliphatic carbocycles. The Balaban J connectivity index is 2.35. The molecule has 0 saturated carbocycles. The zero-order valence-corrected chi connectivity index (χ0v) is 13.0. The third kappa shape index (κ3) is 3.88. The van der Waals surface area contributed by atoms with Crippen LogP contribution in [0.4, 0.5) is 4.39 Å². The average molecular weight is 309 g/mol. The molecular formula is C17H18ClFO2. The van der Waals surface area contributed by atoms with Gasteiger partial charge in [-0.15, -0.1) is 11.6 Å². The van der Waals surface area contributed by atoms with E-state index in [2.05, 4.69) is 0 Å². The van der Waals surface area contributed by atoms with Crippen molar-refractivity contribution >= 4 is 11.6 Å². The van der Waals surface area contributed by atoms with E-state index in [9.17, 15) is 4.39 Å². The van der Waals surface area contributed by atoms with Crippen molar-refractivity contribution in [2.75, 3.05) is 7.11 Å². The lowest BCUT2D eigenvalue weighted by molar-refractivity contribution is 0.242. The Kier molecular flexibility index (Phi) is 5.07. The van der Waals surface area contributed by atoms with E-state index in [4.69, 9.17) is 21.1 Å². The number of benzene rings is 2. The molecule has 0 bridgehead atoms. The zero-order valence-electron chi connectivity index (χ0n) is 12.3. The Morgan fingerprint density at radius 2 is 1.86 bits per heavy atom. The van der Waals surface area contributed by atoms with Gasteiger partial charge in [-0.05, 0) is 49.7 Å². The Labute approximate surface area is 129 Å². The number of hydrogen-bond acceptors (Lipinski definition) is 2. The summed E-state index contributed by atoms with van der Waals surface area (Å²) in [6.45, 7) is 3.92. The fraction of sp³-hybridized carbons (Fsp3) is 0.294. The molecule has 0 aliphatic rings. The van der Waals surface area contributed by atoms with Gasteiger partial charge in [0.1, 0.15) is 17.3 Å². The van der Waals surface area contributed by atoms with E-state index in [1.165, 1.54) is 12.1 Å². The van der Waals surface area contributed by atoms with Crippen molar-refractivity contribution in [3.05, 3.63) is 59.4 Å². The van der Waals surface area contributed by atoms with Crippen LogP contribution in [0, 0.1) is 5.82 Å². The Morgan fingerprint density at radius 1 is 1.10 bits per heavy atom. The molecule has 2 aromatic rings. The van der Waals surface area contributed by atoms with Crippen LogP contribution in [0.15, 0.2) is 42.5 Å². The van der Waals surface area contributed by atoms with E-state index in [1.54, 1.807) is 13.2 Å². The van der Waals surface area contributed by atoms with E-state index in [-0.39, 0.29) is 11.9 Å². The van der Waals surface area contributed by atoms with Crippen LogP contribution in [0.25, 0.3) is 0 Å². The van der Waals surface area contributed by atoms with Crippen molar-refractivity contribution in [3.8, 4) is 11.5 Å². The molecule has 2 aromatic carbocycles. The molecule has 0 heterocycles. The molecule has 0 spiro atoms. The maximum Gasteiger partial charge on any atom is 0.124 e. The molecule has 2 nitrogen and oxygen atoms in total. The number of methoxy groups -OCH3 is 1. The van der Waals surface area contributed by atoms with E-state index in [0.717, 1.165) is 11.3 Å². The summed E-state index contributed by atoms with van der Waals surface area (Å²) in [5.41, 5.74) is 1.43. The predicted molar refractivity (Wildman–Crippen MR) is 82.9 cm³/mol. The van der Waals surface area contributed by atoms with Gasteiger partial charge in [0.05, 0.1) is 18.6 Å². The minimum absolute atomic E-state index is 0.0812. The van der Waals surface area contributed by atoms with Crippen LogP contribution in [0.2, 0.25) is 0 Å². The van der Waals surface area contributed by atoms with Gasteiger partial charge in [-0.2, -0.15) is 0 Å². The summed E-state index contributed by atoms with van der Waals surface area (Å²) in [5.74, 6) is 0.959. The number of ether oxygens (including phenoxy) is 2. The second-order valence-corrected chi connectivity index (χ2v) is 5.42. The summed E-state index contributed by atoms with van der Waals surface area (Å²) in [6, 6.07) is 11.8. The molecule has 21 heavy (non-hydrogen) atoms. The predicted octanol–water partition coefficient (Wildman–Crippen LogP) is 4.95. The summed E-state index contributed by atoms with van der Waals surface area (Å²) in [6.07, 6.45) is 0.0812. The number of alkyl halides is 1. The smallest absolute Gasteiger partial charge is 0.124 e. The fourth-order valence-corrected chi connectivity index (χ4v) is 2.41. The van der Waals surface area contributed by atoms with Gasteiger partial charge in [0, 0.05) is 5.56 Å². The molecular weight excluding hydrogens is 291 g/mol. The van der Waals surface area contributed by atoms with Gasteiger partial charge in [-0.3, -0.25) is 0 Å². The number of rotatable bonds is 5. The largest absolute Gasteiger partial charge is 0.496 e. The van der Waals surface area contributed by atoms with Crippen LogP contribution >= 0.6 is 11.6 Å². The van der Waals surface area contributed by atoms with Crippen LogP contribution in [-0.2, 0) is 0 Å². The first kappa shape index (κ1) is 15.6. The molecule has 0 aliphatic heterocycles. The van der Waals surface area contributed by atoms with Crippen LogP contribution in [0.1, 0.15) is 30.4 Å². The van der Waals surface area contributed by atoms with E-state index in [1.807, 2.05) is 38.1 Å². The average Bonchev–Trinajstić information content (AvgIpc) is 2.46. The monoisotopic (exact) mass is 308 g/mol. The van der Waals surface area contributed by atoms with Crippen molar-refractivity contribution < 1.29 is 13.9 Å². The van der Waals surface area contributed by atoms with Crippen LogP contribution in [0.3, 0.4) is 0 Å². The van der Waals surface area contributed by atoms with Crippen molar-refractivity contribution in [3.63, 3.8) is 0 Å². The van der Waals surface area contributed by atoms with Gasteiger partial charge in [-0.25, -0.2) is 4.39 Å². The molecule has 0 radical (unpaired) electrons. The Hall–Kier alpha value is -1.74. The third-order valence-electron chi connectivity index (χ3n) is 2.99. The lowest BCUT2D eigenvalue weighted by Gasteiger charge is -2.16. The molecule has 1 unspecified atom stereocenters. The van der Waals surface area contributed by atoms with Gasteiger partial charge in [0.2, 0.25) is 0 Å². The first-order valence-electron chi connectivity index (χ1n) is 6.75. The van der Waals surface area contributed by atoms with Gasteiger partial charge in [0.25, 0.3) is 0 Å². The summed E-state index contributed by atoms with van der Waals surface area (Å²) in [7, 11) is 1.54.